The van der Waals surface area contributed by atoms with Gasteiger partial charge in [0.15, 0.2) is 0 Å². The Labute approximate surface area is 149 Å². The van der Waals surface area contributed by atoms with Crippen LogP contribution in [0.5, 0.6) is 0 Å². The quantitative estimate of drug-likeness (QED) is 0.672. The van der Waals surface area contributed by atoms with E-state index in [-0.39, 0.29) is 6.10 Å². The number of hydrogen-bond donors (Lipinski definition) is 1. The second-order valence-electron chi connectivity index (χ2n) is 6.35. The smallest absolute Gasteiger partial charge is 0.349 e. The molecule has 4 nitrogen and oxygen atoms in total. The highest BCUT2D eigenvalue weighted by atomic mass is 32.1. The highest BCUT2D eigenvalue weighted by Gasteiger charge is 2.46. The van der Waals surface area contributed by atoms with E-state index in [0.29, 0.717) is 21.8 Å². The number of rotatable bonds is 4. The Hall–Kier alpha value is -1.47. The first-order valence-electron chi connectivity index (χ1n) is 8.00. The Morgan fingerprint density at radius 1 is 1.17 bits per heavy atom. The molecule has 0 saturated carbocycles. The van der Waals surface area contributed by atoms with Gasteiger partial charge in [-0.3, -0.25) is 4.90 Å². The van der Waals surface area contributed by atoms with Gasteiger partial charge in [-0.05, 0) is 29.9 Å². The maximum atomic E-state index is 13.0. The van der Waals surface area contributed by atoms with Crippen LogP contribution in [-0.4, -0.2) is 41.2 Å². The van der Waals surface area contributed by atoms with Gasteiger partial charge in [0, 0.05) is 24.9 Å². The molecule has 0 radical (unpaired) electrons. The summed E-state index contributed by atoms with van der Waals surface area (Å²) in [5, 5.41) is 15.0. The standard InChI is InChI=1S/C18H19NO3S2/c1-19-12-6-7-13(19)11-14(10-12)22-17(20)18(21,15-4-2-8-23-15)16-5-3-9-24-16/h2-9,12-14,21H,10-11H2,1H3/t12-,13+,14?. The van der Waals surface area contributed by atoms with Crippen LogP contribution in [0.25, 0.3) is 0 Å². The third-order valence-corrected chi connectivity index (χ3v) is 6.89. The first-order valence-corrected chi connectivity index (χ1v) is 9.76. The third kappa shape index (κ3) is 2.54. The maximum absolute atomic E-state index is 13.0. The van der Waals surface area contributed by atoms with Crippen molar-refractivity contribution in [2.45, 2.75) is 36.6 Å². The number of likely N-dealkylation sites (N-methyl/N-ethyl adjacent to an activating group) is 1. The van der Waals surface area contributed by atoms with Crippen LogP contribution in [0.15, 0.2) is 47.2 Å². The first-order chi connectivity index (χ1) is 11.6. The molecule has 24 heavy (non-hydrogen) atoms. The Morgan fingerprint density at radius 2 is 1.71 bits per heavy atom. The van der Waals surface area contributed by atoms with Crippen molar-refractivity contribution in [2.24, 2.45) is 0 Å². The van der Waals surface area contributed by atoms with Crippen molar-refractivity contribution in [2.75, 3.05) is 7.05 Å². The van der Waals surface area contributed by atoms with Gasteiger partial charge >= 0.3 is 5.97 Å². The number of aliphatic hydroxyl groups is 1. The summed E-state index contributed by atoms with van der Waals surface area (Å²) in [6.45, 7) is 0. The molecule has 1 fully saturated rings. The molecule has 0 aliphatic carbocycles. The summed E-state index contributed by atoms with van der Waals surface area (Å²) in [5.74, 6) is -0.568. The molecule has 126 valence electrons. The van der Waals surface area contributed by atoms with Gasteiger partial charge in [0.25, 0.3) is 0 Å². The predicted octanol–water partition coefficient (Wildman–Crippen LogP) is 2.99. The number of carbonyl (C=O) groups excluding carboxylic acids is 1. The number of carbonyl (C=O) groups is 1. The molecular formula is C18H19NO3S2. The molecule has 2 aromatic rings. The van der Waals surface area contributed by atoms with Crippen molar-refractivity contribution in [3.05, 3.63) is 56.9 Å². The van der Waals surface area contributed by atoms with Crippen LogP contribution in [0.4, 0.5) is 0 Å². The number of hydrogen-bond acceptors (Lipinski definition) is 6. The molecule has 0 aromatic carbocycles. The lowest BCUT2D eigenvalue weighted by Gasteiger charge is -2.37. The lowest BCUT2D eigenvalue weighted by atomic mass is 9.97. The van der Waals surface area contributed by atoms with E-state index in [4.69, 9.17) is 4.74 Å². The molecule has 4 rings (SSSR count). The largest absolute Gasteiger partial charge is 0.460 e. The van der Waals surface area contributed by atoms with Gasteiger partial charge in [0.1, 0.15) is 6.10 Å². The fourth-order valence-corrected chi connectivity index (χ4v) is 5.24. The average molecular weight is 361 g/mol. The van der Waals surface area contributed by atoms with Crippen LogP contribution in [0.3, 0.4) is 0 Å². The van der Waals surface area contributed by atoms with Gasteiger partial charge in [-0.25, -0.2) is 4.79 Å². The van der Waals surface area contributed by atoms with E-state index in [1.54, 1.807) is 12.1 Å². The Morgan fingerprint density at radius 3 is 2.17 bits per heavy atom. The molecule has 3 atom stereocenters. The minimum absolute atomic E-state index is 0.162. The van der Waals surface area contributed by atoms with Crippen LogP contribution in [-0.2, 0) is 15.1 Å². The summed E-state index contributed by atoms with van der Waals surface area (Å²) < 4.78 is 5.79. The fraction of sp³-hybridized carbons (Fsp3) is 0.389. The minimum Gasteiger partial charge on any atom is -0.460 e. The van der Waals surface area contributed by atoms with E-state index in [9.17, 15) is 9.90 Å². The molecule has 6 heteroatoms. The van der Waals surface area contributed by atoms with Gasteiger partial charge in [0.05, 0.1) is 9.75 Å². The molecule has 0 spiro atoms. The topological polar surface area (TPSA) is 49.8 Å². The Balaban J connectivity index is 1.57. The van der Waals surface area contributed by atoms with Crippen molar-refractivity contribution >= 4 is 28.6 Å². The maximum Gasteiger partial charge on any atom is 0.349 e. The van der Waals surface area contributed by atoms with E-state index < -0.39 is 11.6 Å². The predicted molar refractivity (Wildman–Crippen MR) is 95.2 cm³/mol. The van der Waals surface area contributed by atoms with Crippen molar-refractivity contribution in [3.63, 3.8) is 0 Å². The minimum atomic E-state index is -1.71. The summed E-state index contributed by atoms with van der Waals surface area (Å²) in [4.78, 5) is 16.5. The number of esters is 1. The van der Waals surface area contributed by atoms with Crippen molar-refractivity contribution in [1.29, 1.82) is 0 Å². The average Bonchev–Trinajstić information content (AvgIpc) is 3.30. The molecule has 0 amide bonds. The van der Waals surface area contributed by atoms with E-state index in [0.717, 1.165) is 12.8 Å². The number of piperidine rings is 1. The van der Waals surface area contributed by atoms with Crippen LogP contribution >= 0.6 is 22.7 Å². The molecule has 1 N–H and O–H groups in total. The Kier molecular flexibility index (Phi) is 4.08. The number of fused-ring (bicyclic) bond motifs is 2. The summed E-state index contributed by atoms with van der Waals surface area (Å²) in [5.41, 5.74) is -1.71. The zero-order valence-electron chi connectivity index (χ0n) is 13.3. The fourth-order valence-electron chi connectivity index (χ4n) is 3.52. The normalized spacial score (nSPS) is 26.7. The van der Waals surface area contributed by atoms with Gasteiger partial charge in [-0.2, -0.15) is 0 Å². The third-order valence-electron chi connectivity index (χ3n) is 4.94. The van der Waals surface area contributed by atoms with Crippen LogP contribution in [0, 0.1) is 0 Å². The molecule has 2 bridgehead atoms. The second-order valence-corrected chi connectivity index (χ2v) is 8.24. The molecule has 2 aromatic heterocycles. The van der Waals surface area contributed by atoms with Crippen molar-refractivity contribution in [3.8, 4) is 0 Å². The lowest BCUT2D eigenvalue weighted by Crippen LogP contribution is -2.46. The zero-order chi connectivity index (χ0) is 16.7. The Bertz CT molecular complexity index is 688. The van der Waals surface area contributed by atoms with Crippen molar-refractivity contribution < 1.29 is 14.6 Å². The molecule has 1 unspecified atom stereocenters. The molecule has 4 heterocycles. The molecule has 1 saturated heterocycles. The van der Waals surface area contributed by atoms with E-state index in [1.807, 2.05) is 22.9 Å². The van der Waals surface area contributed by atoms with Crippen LogP contribution in [0.1, 0.15) is 22.6 Å². The molecular weight excluding hydrogens is 342 g/mol. The SMILES string of the molecule is CN1[C@@H]2C=C[C@H]1CC(OC(=O)C(O)(c1cccs1)c1cccs1)C2. The second kappa shape index (κ2) is 6.11. The van der Waals surface area contributed by atoms with E-state index in [1.165, 1.54) is 22.7 Å². The lowest BCUT2D eigenvalue weighted by molar-refractivity contribution is -0.170. The highest BCUT2D eigenvalue weighted by Crippen LogP contribution is 2.38. The van der Waals surface area contributed by atoms with Crippen molar-refractivity contribution in [1.82, 2.24) is 4.90 Å². The van der Waals surface area contributed by atoms with Gasteiger partial charge < -0.3 is 9.84 Å². The van der Waals surface area contributed by atoms with E-state index >= 15 is 0 Å². The van der Waals surface area contributed by atoms with Gasteiger partial charge in [0.2, 0.25) is 5.60 Å². The number of nitrogens with zero attached hydrogens (tertiary/aromatic N) is 1. The summed E-state index contributed by atoms with van der Waals surface area (Å²) in [6.07, 6.45) is 5.76. The van der Waals surface area contributed by atoms with Gasteiger partial charge in [-0.15, -0.1) is 22.7 Å². The summed E-state index contributed by atoms with van der Waals surface area (Å²) in [6, 6.07) is 7.88. The van der Waals surface area contributed by atoms with Crippen LogP contribution < -0.4 is 0 Å². The monoisotopic (exact) mass is 361 g/mol. The summed E-state index contributed by atoms with van der Waals surface area (Å²) >= 11 is 2.74. The zero-order valence-corrected chi connectivity index (χ0v) is 14.9. The molecule has 2 aliphatic rings. The van der Waals surface area contributed by atoms with E-state index in [2.05, 4.69) is 24.1 Å². The molecule has 2 aliphatic heterocycles. The first kappa shape index (κ1) is 16.0. The van der Waals surface area contributed by atoms with Gasteiger partial charge in [-0.1, -0.05) is 24.3 Å². The highest BCUT2D eigenvalue weighted by molar-refractivity contribution is 7.12. The number of thiophene rings is 2. The summed E-state index contributed by atoms with van der Waals surface area (Å²) in [7, 11) is 2.10. The van der Waals surface area contributed by atoms with Crippen LogP contribution in [0.2, 0.25) is 0 Å². The number of ether oxygens (including phenoxy) is 1.